The van der Waals surface area contributed by atoms with Crippen LogP contribution in [0, 0.1) is 0 Å². The molecule has 0 aliphatic carbocycles. The molecule has 2 saturated heterocycles. The Morgan fingerprint density at radius 3 is 2.96 bits per heavy atom. The molecular weight excluding hydrogens is 311 g/mol. The predicted octanol–water partition coefficient (Wildman–Crippen LogP) is 0.225. The maximum atomic E-state index is 11.7. The number of nitrogens with one attached hydrogen (secondary N) is 1. The highest BCUT2D eigenvalue weighted by Crippen LogP contribution is 2.37. The highest BCUT2D eigenvalue weighted by Gasteiger charge is 2.36. The van der Waals surface area contributed by atoms with E-state index in [1.807, 2.05) is 6.07 Å². The lowest BCUT2D eigenvalue weighted by Crippen LogP contribution is -2.58. The van der Waals surface area contributed by atoms with Crippen LogP contribution in [-0.4, -0.2) is 66.4 Å². The molecule has 4 rings (SSSR count). The molecule has 3 aliphatic rings. The van der Waals surface area contributed by atoms with Crippen molar-refractivity contribution >= 4 is 13.1 Å². The van der Waals surface area contributed by atoms with Crippen LogP contribution in [0.5, 0.6) is 11.5 Å². The van der Waals surface area contributed by atoms with E-state index >= 15 is 0 Å². The van der Waals surface area contributed by atoms with Gasteiger partial charge in [-0.1, -0.05) is 6.07 Å². The second-order valence-electron chi connectivity index (χ2n) is 6.68. The fourth-order valence-electron chi connectivity index (χ4n) is 3.69. The average Bonchev–Trinajstić information content (AvgIpc) is 3.03. The quantitative estimate of drug-likeness (QED) is 0.680. The number of aromatic carboxylic acids is 1. The Bertz CT molecular complexity index is 644. The van der Waals surface area contributed by atoms with Gasteiger partial charge in [-0.3, -0.25) is 4.90 Å². The van der Waals surface area contributed by atoms with E-state index in [-0.39, 0.29) is 17.4 Å². The predicted molar refractivity (Wildman–Crippen MR) is 87.8 cm³/mol. The van der Waals surface area contributed by atoms with Crippen LogP contribution in [0.2, 0.25) is 6.32 Å². The normalized spacial score (nSPS) is 24.2. The lowest BCUT2D eigenvalue weighted by molar-refractivity contribution is -0.00475. The number of likely N-dealkylation sites (tertiary alicyclic amines) is 1. The van der Waals surface area contributed by atoms with Crippen molar-refractivity contribution < 1.29 is 24.3 Å². The van der Waals surface area contributed by atoms with Crippen LogP contribution < -0.4 is 14.7 Å². The molecule has 3 heterocycles. The van der Waals surface area contributed by atoms with Gasteiger partial charge >= 0.3 is 13.1 Å². The zero-order chi connectivity index (χ0) is 16.7. The van der Waals surface area contributed by atoms with Gasteiger partial charge in [-0.25, -0.2) is 4.79 Å². The minimum absolute atomic E-state index is 0.00439. The van der Waals surface area contributed by atoms with Gasteiger partial charge in [0, 0.05) is 25.7 Å². The molecule has 1 aromatic carbocycles. The third-order valence-electron chi connectivity index (χ3n) is 5.05. The molecule has 3 N–H and O–H groups in total. The molecule has 0 aromatic heterocycles. The Hall–Kier alpha value is -1.77. The number of carboxylic acid groups (broad SMARTS) is 1. The molecule has 1 atom stereocenters. The SMILES string of the molecule is O=C(O)c1c(OC2CN(C3CCNC3)C2)ccc2c1OB(O)CC2. The van der Waals surface area contributed by atoms with E-state index in [4.69, 9.17) is 9.39 Å². The monoisotopic (exact) mass is 332 g/mol. The minimum Gasteiger partial charge on any atom is -0.535 e. The van der Waals surface area contributed by atoms with Crippen LogP contribution in [0.4, 0.5) is 0 Å². The highest BCUT2D eigenvalue weighted by atomic mass is 16.5. The van der Waals surface area contributed by atoms with Gasteiger partial charge in [-0.2, -0.15) is 0 Å². The average molecular weight is 332 g/mol. The van der Waals surface area contributed by atoms with E-state index < -0.39 is 13.1 Å². The Morgan fingerprint density at radius 1 is 1.42 bits per heavy atom. The molecule has 3 aliphatic heterocycles. The van der Waals surface area contributed by atoms with Crippen molar-refractivity contribution in [1.29, 1.82) is 0 Å². The smallest absolute Gasteiger partial charge is 0.522 e. The molecule has 1 unspecified atom stereocenters. The van der Waals surface area contributed by atoms with Crippen molar-refractivity contribution in [3.05, 3.63) is 23.3 Å². The van der Waals surface area contributed by atoms with Crippen molar-refractivity contribution in [2.45, 2.75) is 31.3 Å². The van der Waals surface area contributed by atoms with E-state index in [1.165, 1.54) is 0 Å². The molecule has 0 bridgehead atoms. The summed E-state index contributed by atoms with van der Waals surface area (Å²) in [6.45, 7) is 3.69. The van der Waals surface area contributed by atoms with Gasteiger partial charge < -0.3 is 24.8 Å². The van der Waals surface area contributed by atoms with Crippen molar-refractivity contribution in [3.8, 4) is 11.5 Å². The summed E-state index contributed by atoms with van der Waals surface area (Å²) in [5, 5.41) is 22.6. The van der Waals surface area contributed by atoms with Crippen molar-refractivity contribution in [2.24, 2.45) is 0 Å². The summed E-state index contributed by atoms with van der Waals surface area (Å²) in [4.78, 5) is 14.1. The molecule has 2 fully saturated rings. The standard InChI is InChI=1S/C16H21BN2O5/c20-16(21)14-13(2-1-10-3-5-17(22)24-15(10)14)23-12-8-19(9-12)11-4-6-18-7-11/h1-2,11-12,18,22H,3-9H2,(H,20,21). The van der Waals surface area contributed by atoms with Crippen molar-refractivity contribution in [3.63, 3.8) is 0 Å². The van der Waals surface area contributed by atoms with Crippen molar-refractivity contribution in [1.82, 2.24) is 10.2 Å². The minimum atomic E-state index is -1.09. The van der Waals surface area contributed by atoms with E-state index in [1.54, 1.807) is 6.07 Å². The molecule has 0 amide bonds. The summed E-state index contributed by atoms with van der Waals surface area (Å²) in [5.41, 5.74) is 0.824. The van der Waals surface area contributed by atoms with Crippen LogP contribution in [-0.2, 0) is 6.42 Å². The number of hydrogen-bond donors (Lipinski definition) is 3. The Labute approximate surface area is 140 Å². The van der Waals surface area contributed by atoms with E-state index in [2.05, 4.69) is 10.2 Å². The third kappa shape index (κ3) is 2.85. The summed E-state index contributed by atoms with van der Waals surface area (Å²) >= 11 is 0. The van der Waals surface area contributed by atoms with Gasteiger partial charge in [0.2, 0.25) is 0 Å². The number of fused-ring (bicyclic) bond motifs is 1. The first-order valence-corrected chi connectivity index (χ1v) is 8.47. The number of ether oxygens (including phenoxy) is 1. The molecule has 1 aromatic rings. The summed E-state index contributed by atoms with van der Waals surface area (Å²) in [7, 11) is -0.958. The number of nitrogens with zero attached hydrogens (tertiary/aromatic N) is 1. The van der Waals surface area contributed by atoms with Crippen LogP contribution in [0.1, 0.15) is 22.3 Å². The molecule has 7 nitrogen and oxygen atoms in total. The van der Waals surface area contributed by atoms with Crippen LogP contribution >= 0.6 is 0 Å². The van der Waals surface area contributed by atoms with Gasteiger partial charge in [0.25, 0.3) is 0 Å². The van der Waals surface area contributed by atoms with Gasteiger partial charge in [0.15, 0.2) is 0 Å². The van der Waals surface area contributed by atoms with Crippen LogP contribution in [0.15, 0.2) is 12.1 Å². The van der Waals surface area contributed by atoms with E-state index in [0.29, 0.717) is 24.5 Å². The first kappa shape index (κ1) is 15.7. The zero-order valence-corrected chi connectivity index (χ0v) is 13.4. The number of carbonyl (C=O) groups is 1. The molecule has 128 valence electrons. The van der Waals surface area contributed by atoms with Gasteiger partial charge in [-0.05, 0) is 37.3 Å². The highest BCUT2D eigenvalue weighted by molar-refractivity contribution is 6.44. The third-order valence-corrected chi connectivity index (χ3v) is 5.05. The van der Waals surface area contributed by atoms with Crippen LogP contribution in [0.25, 0.3) is 0 Å². The maximum Gasteiger partial charge on any atom is 0.522 e. The largest absolute Gasteiger partial charge is 0.535 e. The number of benzene rings is 1. The first-order valence-electron chi connectivity index (χ1n) is 8.47. The summed E-state index contributed by atoms with van der Waals surface area (Å²) < 4.78 is 11.3. The fourth-order valence-corrected chi connectivity index (χ4v) is 3.69. The zero-order valence-electron chi connectivity index (χ0n) is 13.4. The van der Waals surface area contributed by atoms with Gasteiger partial charge in [0.1, 0.15) is 23.2 Å². The number of rotatable bonds is 4. The number of carboxylic acids is 1. The van der Waals surface area contributed by atoms with E-state index in [9.17, 15) is 14.9 Å². The number of aryl methyl sites for hydroxylation is 1. The Kier molecular flexibility index (Phi) is 4.11. The number of hydrogen-bond acceptors (Lipinski definition) is 6. The first-order chi connectivity index (χ1) is 11.6. The summed E-state index contributed by atoms with van der Waals surface area (Å²) in [5.74, 6) is -0.522. The Balaban J connectivity index is 1.49. The lowest BCUT2D eigenvalue weighted by Gasteiger charge is -2.42. The molecule has 0 radical (unpaired) electrons. The van der Waals surface area contributed by atoms with Crippen LogP contribution in [0.3, 0.4) is 0 Å². The topological polar surface area (TPSA) is 91.3 Å². The Morgan fingerprint density at radius 2 is 2.25 bits per heavy atom. The lowest BCUT2D eigenvalue weighted by atomic mass is 9.78. The molecule has 8 heteroatoms. The molecule has 0 spiro atoms. The van der Waals surface area contributed by atoms with E-state index in [0.717, 1.165) is 38.2 Å². The fraction of sp³-hybridized carbons (Fsp3) is 0.562. The second-order valence-corrected chi connectivity index (χ2v) is 6.68. The second kappa shape index (κ2) is 6.27. The molecule has 0 saturated carbocycles. The van der Waals surface area contributed by atoms with Crippen molar-refractivity contribution in [2.75, 3.05) is 26.2 Å². The summed E-state index contributed by atoms with van der Waals surface area (Å²) in [6, 6.07) is 4.11. The summed E-state index contributed by atoms with van der Waals surface area (Å²) in [6.07, 6.45) is 2.22. The maximum absolute atomic E-state index is 11.7. The van der Waals surface area contributed by atoms with Gasteiger partial charge in [-0.15, -0.1) is 0 Å². The molecule has 24 heavy (non-hydrogen) atoms. The van der Waals surface area contributed by atoms with Gasteiger partial charge in [0.05, 0.1) is 0 Å². The molecular formula is C16H21BN2O5.